The maximum Gasteiger partial charge on any atom is 0.167 e. The minimum absolute atomic E-state index is 0.284. The van der Waals surface area contributed by atoms with Crippen LogP contribution in [0.4, 0.5) is 35.1 Å². The van der Waals surface area contributed by atoms with Gasteiger partial charge in [-0.3, -0.25) is 39.9 Å². The number of H-pyrrole nitrogens is 2. The van der Waals surface area contributed by atoms with Crippen LogP contribution in [0, 0.1) is 46.5 Å². The highest BCUT2D eigenvalue weighted by Crippen LogP contribution is 2.55. The second-order valence-corrected chi connectivity index (χ2v) is 30.7. The minimum atomic E-state index is -1.13. The van der Waals surface area contributed by atoms with Crippen LogP contribution in [-0.2, 0) is 0 Å². The molecule has 32 heteroatoms. The van der Waals surface area contributed by atoms with Gasteiger partial charge in [0, 0.05) is 138 Å². The predicted octanol–water partition coefficient (Wildman–Crippen LogP) is 20.4. The fraction of sp³-hybridized carbons (Fsp3) is 0. The summed E-state index contributed by atoms with van der Waals surface area (Å²) in [5.41, 5.74) is -5.00. The number of nitrogens with zero attached hydrogens (tertiary/aromatic N) is 14. The van der Waals surface area contributed by atoms with E-state index in [4.69, 9.17) is 29.9 Å². The molecule has 0 radical (unpaired) electrons. The van der Waals surface area contributed by atoms with Crippen LogP contribution in [0.2, 0.25) is 0 Å². The number of rotatable bonds is 16. The van der Waals surface area contributed by atoms with Crippen molar-refractivity contribution in [3.05, 3.63) is 243 Å². The first-order valence-corrected chi connectivity index (χ1v) is 37.1. The normalized spacial score (nSPS) is 11.8. The van der Waals surface area contributed by atoms with Crippen LogP contribution in [0.1, 0.15) is 0 Å². The molecule has 8 bridgehead atoms. The molecule has 0 amide bonds. The van der Waals surface area contributed by atoms with Crippen LogP contribution in [0.15, 0.2) is 275 Å². The van der Waals surface area contributed by atoms with E-state index in [0.717, 1.165) is 94.1 Å². The molecule has 11 aromatic heterocycles. The molecule has 17 rings (SSSR count). The third kappa shape index (κ3) is 12.5. The summed E-state index contributed by atoms with van der Waals surface area (Å²) in [6.45, 7) is 0. The summed E-state index contributed by atoms with van der Waals surface area (Å²) in [7, 11) is 0. The summed E-state index contributed by atoms with van der Waals surface area (Å²) < 4.78 is 151. The first-order chi connectivity index (χ1) is 50.9. The minimum Gasteiger partial charge on any atom is -0.324 e. The number of pyridine rings is 8. The molecule has 15 aromatic rings. The Morgan fingerprint density at radius 2 is 0.337 bits per heavy atom. The van der Waals surface area contributed by atoms with Crippen LogP contribution in [-0.4, -0.2) is 79.7 Å². The molecule has 104 heavy (non-hydrogen) atoms. The molecule has 0 fully saturated rings. The molecule has 2 N–H and O–H groups in total. The third-order valence-electron chi connectivity index (χ3n) is 15.7. The first kappa shape index (κ1) is 66.9. The lowest BCUT2D eigenvalue weighted by Gasteiger charge is -2.15. The summed E-state index contributed by atoms with van der Waals surface area (Å²) in [4.78, 5) is 68.8. The van der Waals surface area contributed by atoms with E-state index in [2.05, 4.69) is 49.8 Å². The molecule has 2 aliphatic rings. The van der Waals surface area contributed by atoms with Crippen LogP contribution in [0.25, 0.3) is 89.7 Å². The molecular weight excluding hydrogens is 1500 g/mol. The third-order valence-corrected chi connectivity index (χ3v) is 25.0. The average Bonchev–Trinajstić information content (AvgIpc) is 1.55. The van der Waals surface area contributed by atoms with Gasteiger partial charge in [-0.25, -0.2) is 65.0 Å². The van der Waals surface area contributed by atoms with Gasteiger partial charge in [0.05, 0.1) is 83.0 Å². The SMILES string of the molecule is Fc1c(Sc2ccncc2)c(Sc2ccncc2)c(F)c2c1-c1nc-2nc2[nH]c(nc3nc(nc4[nH]c(n1)c1c(F)c(Sc5ccncc5)c(Sc5ccncc5)c(F)c41)-c1c(F)c(Sc4ccncc4)c(Sc4ccncc4)c(F)c1-3)c1c(F)c(Sc3ccncc3)c(Sc3ccncc3)c(F)c21. The van der Waals surface area contributed by atoms with Gasteiger partial charge in [0.1, 0.15) is 69.1 Å². The molecule has 0 spiro atoms. The Morgan fingerprint density at radius 1 is 0.192 bits per heavy atom. The molecule has 506 valence electrons. The molecule has 0 atom stereocenters. The van der Waals surface area contributed by atoms with E-state index in [9.17, 15) is 0 Å². The second kappa shape index (κ2) is 28.4. The summed E-state index contributed by atoms with van der Waals surface area (Å²) in [5, 5.41) is -2.49. The van der Waals surface area contributed by atoms with Crippen molar-refractivity contribution in [2.45, 2.75) is 78.3 Å². The van der Waals surface area contributed by atoms with Crippen molar-refractivity contribution in [2.75, 3.05) is 0 Å². The average molecular weight is 1530 g/mol. The van der Waals surface area contributed by atoms with Crippen LogP contribution in [0.5, 0.6) is 0 Å². The zero-order chi connectivity index (χ0) is 70.7. The smallest absolute Gasteiger partial charge is 0.167 e. The van der Waals surface area contributed by atoms with Gasteiger partial charge in [-0.05, 0) is 97.1 Å². The maximum atomic E-state index is 18.9. The topological polar surface area (TPSA) is 212 Å². The molecule has 4 aromatic carbocycles. The van der Waals surface area contributed by atoms with Gasteiger partial charge >= 0.3 is 0 Å². The Morgan fingerprint density at radius 3 is 0.490 bits per heavy atom. The molecular formula is C72H34F8N16S8. The molecule has 0 aliphatic carbocycles. The highest BCUT2D eigenvalue weighted by Gasteiger charge is 2.38. The van der Waals surface area contributed by atoms with Crippen molar-refractivity contribution in [3.8, 4) is 45.6 Å². The van der Waals surface area contributed by atoms with Crippen LogP contribution in [0.3, 0.4) is 0 Å². The Bertz CT molecular complexity index is 5380. The van der Waals surface area contributed by atoms with E-state index in [1.54, 1.807) is 97.1 Å². The molecule has 13 heterocycles. The van der Waals surface area contributed by atoms with Crippen molar-refractivity contribution < 1.29 is 35.1 Å². The van der Waals surface area contributed by atoms with Crippen molar-refractivity contribution >= 4 is 138 Å². The monoisotopic (exact) mass is 1530 g/mol. The quantitative estimate of drug-likeness (QED) is 0.0861. The van der Waals surface area contributed by atoms with Gasteiger partial charge in [-0.15, -0.1) is 0 Å². The van der Waals surface area contributed by atoms with Crippen molar-refractivity contribution in [3.63, 3.8) is 0 Å². The predicted molar refractivity (Wildman–Crippen MR) is 383 cm³/mol. The number of halogens is 8. The zero-order valence-corrected chi connectivity index (χ0v) is 58.6. The van der Waals surface area contributed by atoms with Crippen molar-refractivity contribution in [2.24, 2.45) is 0 Å². The van der Waals surface area contributed by atoms with E-state index in [0.29, 0.717) is 39.2 Å². The largest absolute Gasteiger partial charge is 0.324 e. The van der Waals surface area contributed by atoms with Gasteiger partial charge in [-0.1, -0.05) is 94.1 Å². The van der Waals surface area contributed by atoms with Crippen molar-refractivity contribution in [1.82, 2.24) is 79.7 Å². The van der Waals surface area contributed by atoms with Gasteiger partial charge < -0.3 is 9.97 Å². The second-order valence-electron chi connectivity index (χ2n) is 22.0. The highest BCUT2D eigenvalue weighted by atomic mass is 32.2. The fourth-order valence-corrected chi connectivity index (χ4v) is 19.2. The molecule has 0 saturated heterocycles. The summed E-state index contributed by atoms with van der Waals surface area (Å²) in [5.74, 6) is -11.7. The van der Waals surface area contributed by atoms with Crippen molar-refractivity contribution in [1.29, 1.82) is 0 Å². The number of aromatic amines is 2. The Balaban J connectivity index is 1.06. The lowest BCUT2D eigenvalue weighted by molar-refractivity contribution is 0.557. The molecule has 2 aliphatic heterocycles. The van der Waals surface area contributed by atoms with E-state index >= 15 is 35.1 Å². The van der Waals surface area contributed by atoms with E-state index in [1.165, 1.54) is 99.1 Å². The summed E-state index contributed by atoms with van der Waals surface area (Å²) in [6, 6.07) is 25.3. The van der Waals surface area contributed by atoms with Gasteiger partial charge in [0.2, 0.25) is 0 Å². The number of hydrogen-bond donors (Lipinski definition) is 2. The van der Waals surface area contributed by atoms with E-state index < -0.39 is 136 Å². The first-order valence-electron chi connectivity index (χ1n) is 30.5. The fourth-order valence-electron chi connectivity index (χ4n) is 11.2. The Hall–Kier alpha value is -10.3. The number of fused-ring (bicyclic) bond motifs is 20. The van der Waals surface area contributed by atoms with E-state index in [-0.39, 0.29) is 39.2 Å². The number of hydrogen-bond acceptors (Lipinski definition) is 22. The molecule has 0 saturated carbocycles. The van der Waals surface area contributed by atoms with Crippen LogP contribution >= 0.6 is 94.1 Å². The molecule has 0 unspecified atom stereocenters. The zero-order valence-electron chi connectivity index (χ0n) is 52.0. The highest BCUT2D eigenvalue weighted by molar-refractivity contribution is 8.03. The Kier molecular flexibility index (Phi) is 18.3. The number of benzene rings is 4. The standard InChI is InChI=1S/C72H34F8N16S8/c73-49-41-42(50(74)58(98-34-3-19-82-20-4-34)57(49)97-33-1-17-81-18-2-33)66-89-65(41)93-67-43-44(52(76)60(100-36-7-23-84-24-8-36)59(51(43)75)99-35-5-21-83-22-6-35)69(90-67)95-71-47-48(56(80)64(104-40-15-31-88-32-16-40)63(55(47)79)103-39-13-29-87-30-14-39)72(92-71)96-70-46-45(68(91-70)94-66)53(77)61(101-37-9-25-85-26-10-37)62(54(46)78)102-38-11-27-86-28-12-38/h1-32H,(H2,89,90,91,92,93,94,95,96). The van der Waals surface area contributed by atoms with Crippen LogP contribution < -0.4 is 0 Å². The summed E-state index contributed by atoms with van der Waals surface area (Å²) >= 11 is 6.64. The van der Waals surface area contributed by atoms with Gasteiger partial charge in [0.25, 0.3) is 0 Å². The Labute approximate surface area is 615 Å². The lowest BCUT2D eigenvalue weighted by atomic mass is 10.1. The number of aromatic nitrogens is 16. The number of nitrogens with one attached hydrogen (secondary N) is 2. The van der Waals surface area contributed by atoms with E-state index in [1.807, 2.05) is 0 Å². The maximum absolute atomic E-state index is 18.9. The van der Waals surface area contributed by atoms with Gasteiger partial charge in [-0.2, -0.15) is 0 Å². The summed E-state index contributed by atoms with van der Waals surface area (Å²) in [6.07, 6.45) is 23.4. The van der Waals surface area contributed by atoms with Gasteiger partial charge in [0.15, 0.2) is 23.3 Å². The lowest BCUT2D eigenvalue weighted by Crippen LogP contribution is -1.99. The molecule has 16 nitrogen and oxygen atoms in total.